The number of hydrogen-bond donors (Lipinski definition) is 1. The third kappa shape index (κ3) is 4.88. The van der Waals surface area contributed by atoms with Gasteiger partial charge >= 0.3 is 0 Å². The van der Waals surface area contributed by atoms with Crippen LogP contribution in [0.2, 0.25) is 9.36 Å². The number of oxime groups is 1. The van der Waals surface area contributed by atoms with Crippen molar-refractivity contribution in [3.8, 4) is 0 Å². The monoisotopic (exact) mass is 466 g/mol. The van der Waals surface area contributed by atoms with Crippen LogP contribution in [0.5, 0.6) is 0 Å². The minimum Gasteiger partial charge on any atom is -0.382 e. The van der Waals surface area contributed by atoms with E-state index in [2.05, 4.69) is 15.4 Å². The van der Waals surface area contributed by atoms with Gasteiger partial charge in [-0.2, -0.15) is 0 Å². The van der Waals surface area contributed by atoms with Crippen LogP contribution in [-0.2, 0) is 14.4 Å². The molecule has 1 aromatic heterocycles. The summed E-state index contributed by atoms with van der Waals surface area (Å²) >= 11 is 13.3. The smallest absolute Gasteiger partial charge is 0.264 e. The summed E-state index contributed by atoms with van der Waals surface area (Å²) in [4.78, 5) is 34.9. The van der Waals surface area contributed by atoms with Gasteiger partial charge in [0.25, 0.3) is 5.91 Å². The summed E-state index contributed by atoms with van der Waals surface area (Å²) in [6, 6.07) is 11.3. The summed E-state index contributed by atoms with van der Waals surface area (Å²) in [6.07, 6.45) is -0.369. The molecule has 4 rings (SSSR count). The maximum absolute atomic E-state index is 12.5. The Bertz CT molecular complexity index is 955. The quantitative estimate of drug-likeness (QED) is 0.734. The zero-order valence-electron chi connectivity index (χ0n) is 16.0. The molecule has 0 saturated carbocycles. The Morgan fingerprint density at radius 1 is 1.10 bits per heavy atom. The van der Waals surface area contributed by atoms with Gasteiger partial charge in [0.2, 0.25) is 12.0 Å². The molecule has 2 aliphatic heterocycles. The number of nitrogens with one attached hydrogen (secondary N) is 1. The first kappa shape index (κ1) is 21.0. The zero-order valence-corrected chi connectivity index (χ0v) is 18.3. The highest BCUT2D eigenvalue weighted by Crippen LogP contribution is 2.26. The number of benzene rings is 1. The summed E-state index contributed by atoms with van der Waals surface area (Å²) in [6.45, 7) is 2.61. The molecule has 1 saturated heterocycles. The number of piperazine rings is 1. The Hall–Kier alpha value is -2.29. The lowest BCUT2D eigenvalue weighted by Crippen LogP contribution is -2.51. The molecule has 30 heavy (non-hydrogen) atoms. The van der Waals surface area contributed by atoms with Gasteiger partial charge in [0.05, 0.1) is 15.8 Å². The maximum atomic E-state index is 12.5. The highest BCUT2D eigenvalue weighted by Gasteiger charge is 2.30. The van der Waals surface area contributed by atoms with Gasteiger partial charge in [-0.05, 0) is 36.4 Å². The van der Waals surface area contributed by atoms with Crippen molar-refractivity contribution >= 4 is 57.8 Å². The normalized spacial score (nSPS) is 18.7. The fourth-order valence-electron chi connectivity index (χ4n) is 3.39. The number of nitrogens with zero attached hydrogens (tertiary/aromatic N) is 3. The number of anilines is 1. The first-order valence-corrected chi connectivity index (χ1v) is 11.1. The van der Waals surface area contributed by atoms with Gasteiger partial charge in [0.15, 0.2) is 0 Å². The molecule has 2 amide bonds. The predicted octanol–water partition coefficient (Wildman–Crippen LogP) is 3.01. The minimum absolute atomic E-state index is 0.0558. The second-order valence-corrected chi connectivity index (χ2v) is 9.15. The van der Waals surface area contributed by atoms with Gasteiger partial charge < -0.3 is 20.0 Å². The fourth-order valence-corrected chi connectivity index (χ4v) is 4.55. The zero-order chi connectivity index (χ0) is 21.1. The predicted molar refractivity (Wildman–Crippen MR) is 119 cm³/mol. The van der Waals surface area contributed by atoms with Crippen LogP contribution in [0.1, 0.15) is 11.3 Å². The van der Waals surface area contributed by atoms with Crippen molar-refractivity contribution in [1.29, 1.82) is 0 Å². The van der Waals surface area contributed by atoms with E-state index in [0.717, 1.165) is 23.7 Å². The molecule has 158 valence electrons. The molecule has 7 nitrogen and oxygen atoms in total. The van der Waals surface area contributed by atoms with E-state index >= 15 is 0 Å². The van der Waals surface area contributed by atoms with Crippen molar-refractivity contribution in [2.75, 3.05) is 37.6 Å². The van der Waals surface area contributed by atoms with E-state index in [1.165, 1.54) is 11.3 Å². The number of amides is 2. The molecule has 0 aliphatic carbocycles. The average Bonchev–Trinajstić information content (AvgIpc) is 3.42. The summed E-state index contributed by atoms with van der Waals surface area (Å²) < 4.78 is 0.655. The number of thiophene rings is 1. The van der Waals surface area contributed by atoms with Crippen LogP contribution in [0.3, 0.4) is 0 Å². The topological polar surface area (TPSA) is 74.2 Å². The molecule has 2 aliphatic rings. The molecule has 2 aromatic rings. The summed E-state index contributed by atoms with van der Waals surface area (Å²) in [7, 11) is 0. The molecule has 1 unspecified atom stereocenters. The first-order chi connectivity index (χ1) is 14.5. The van der Waals surface area contributed by atoms with Gasteiger partial charge in [0, 0.05) is 43.3 Å². The standard InChI is InChI=1S/C20H20Cl2N4O3S/c21-13-1-3-14(4-2-13)25-7-9-26(10-8-25)19(27)12-23-20(28)16-11-15(24-29-16)17-5-6-18(22)30-17/h1-6,16H,7-12H2,(H,23,28). The van der Waals surface area contributed by atoms with Crippen molar-refractivity contribution < 1.29 is 14.4 Å². The molecule has 10 heteroatoms. The average molecular weight is 467 g/mol. The van der Waals surface area contributed by atoms with Crippen LogP contribution in [0, 0.1) is 0 Å². The Morgan fingerprint density at radius 3 is 2.50 bits per heavy atom. The van der Waals surface area contributed by atoms with Crippen molar-refractivity contribution in [3.63, 3.8) is 0 Å². The lowest BCUT2D eigenvalue weighted by Gasteiger charge is -2.36. The number of carbonyl (C=O) groups is 2. The van der Waals surface area contributed by atoms with Crippen molar-refractivity contribution in [2.45, 2.75) is 12.5 Å². The van der Waals surface area contributed by atoms with Gasteiger partial charge in [-0.25, -0.2) is 0 Å². The number of rotatable bonds is 5. The van der Waals surface area contributed by atoms with Crippen LogP contribution in [-0.4, -0.2) is 61.3 Å². The van der Waals surface area contributed by atoms with Gasteiger partial charge in [-0.1, -0.05) is 28.4 Å². The third-order valence-corrected chi connectivity index (χ3v) is 6.59. The van der Waals surface area contributed by atoms with E-state index in [-0.39, 0.29) is 18.4 Å². The van der Waals surface area contributed by atoms with Crippen molar-refractivity contribution in [3.05, 3.63) is 50.6 Å². The highest BCUT2D eigenvalue weighted by molar-refractivity contribution is 7.18. The van der Waals surface area contributed by atoms with Crippen LogP contribution < -0.4 is 10.2 Å². The minimum atomic E-state index is -0.726. The molecule has 0 spiro atoms. The molecule has 1 atom stereocenters. The number of hydrogen-bond acceptors (Lipinski definition) is 6. The van der Waals surface area contributed by atoms with Crippen molar-refractivity contribution in [2.24, 2.45) is 5.16 Å². The van der Waals surface area contributed by atoms with Crippen molar-refractivity contribution in [1.82, 2.24) is 10.2 Å². The Kier molecular flexibility index (Phi) is 6.46. The van der Waals surface area contributed by atoms with Crippen LogP contribution in [0.4, 0.5) is 5.69 Å². The first-order valence-electron chi connectivity index (χ1n) is 9.54. The van der Waals surface area contributed by atoms with E-state index < -0.39 is 6.10 Å². The Labute approximate surface area is 188 Å². The second kappa shape index (κ2) is 9.24. The van der Waals surface area contributed by atoms with Crippen LogP contribution in [0.25, 0.3) is 0 Å². The van der Waals surface area contributed by atoms with Crippen LogP contribution in [0.15, 0.2) is 41.6 Å². The molecule has 1 aromatic carbocycles. The van der Waals surface area contributed by atoms with E-state index in [4.69, 9.17) is 28.0 Å². The lowest BCUT2D eigenvalue weighted by atomic mass is 10.1. The Balaban J connectivity index is 1.21. The number of halogens is 2. The SMILES string of the molecule is O=C(NCC(=O)N1CCN(c2ccc(Cl)cc2)CC1)C1CC(c2ccc(Cl)s2)=NO1. The fraction of sp³-hybridized carbons (Fsp3) is 0.350. The maximum Gasteiger partial charge on any atom is 0.264 e. The van der Waals surface area contributed by atoms with E-state index in [0.29, 0.717) is 34.6 Å². The molecule has 0 radical (unpaired) electrons. The lowest BCUT2D eigenvalue weighted by molar-refractivity contribution is -0.136. The van der Waals surface area contributed by atoms with E-state index in [1.807, 2.05) is 30.3 Å². The Morgan fingerprint density at radius 2 is 1.83 bits per heavy atom. The largest absolute Gasteiger partial charge is 0.382 e. The molecular formula is C20H20Cl2N4O3S. The molecule has 0 bridgehead atoms. The molecular weight excluding hydrogens is 447 g/mol. The highest BCUT2D eigenvalue weighted by atomic mass is 35.5. The van der Waals surface area contributed by atoms with Crippen LogP contribution >= 0.6 is 34.5 Å². The molecule has 3 heterocycles. The number of carbonyl (C=O) groups excluding carboxylic acids is 2. The van der Waals surface area contributed by atoms with Gasteiger partial charge in [0.1, 0.15) is 5.71 Å². The summed E-state index contributed by atoms with van der Waals surface area (Å²) in [5.41, 5.74) is 1.78. The van der Waals surface area contributed by atoms with E-state index in [1.54, 1.807) is 11.0 Å². The van der Waals surface area contributed by atoms with Gasteiger partial charge in [-0.3, -0.25) is 9.59 Å². The third-order valence-electron chi connectivity index (χ3n) is 5.06. The summed E-state index contributed by atoms with van der Waals surface area (Å²) in [5.74, 6) is -0.451. The van der Waals surface area contributed by atoms with Gasteiger partial charge in [-0.15, -0.1) is 11.3 Å². The molecule has 1 N–H and O–H groups in total. The summed E-state index contributed by atoms with van der Waals surface area (Å²) in [5, 5.41) is 7.35. The second-order valence-electron chi connectivity index (χ2n) is 7.00. The van der Waals surface area contributed by atoms with E-state index in [9.17, 15) is 9.59 Å². The molecule has 1 fully saturated rings.